The van der Waals surface area contributed by atoms with Crippen LogP contribution in [0, 0.1) is 0 Å². The molecule has 0 aromatic carbocycles. The van der Waals surface area contributed by atoms with Crippen molar-refractivity contribution in [3.05, 3.63) is 12.2 Å². The summed E-state index contributed by atoms with van der Waals surface area (Å²) in [5.41, 5.74) is 0. The van der Waals surface area contributed by atoms with E-state index in [1.165, 1.54) is 64.2 Å². The van der Waals surface area contributed by atoms with Gasteiger partial charge in [-0.15, -0.1) is 0 Å². The van der Waals surface area contributed by atoms with Crippen LogP contribution in [-0.2, 0) is 19.6 Å². The molecule has 2 unspecified atom stereocenters. The number of sulfonamides is 1. The second kappa shape index (κ2) is 14.2. The minimum atomic E-state index is -3.42. The number of unbranched alkanes of at least 4 members (excludes halogenated alkanes) is 8. The van der Waals surface area contributed by atoms with Crippen molar-refractivity contribution in [1.29, 1.82) is 0 Å². The number of amides is 1. The summed E-state index contributed by atoms with van der Waals surface area (Å²) in [5, 5.41) is 0. The van der Waals surface area contributed by atoms with Gasteiger partial charge < -0.3 is 4.74 Å². The third-order valence-electron chi connectivity index (χ3n) is 4.88. The number of hydrogen-bond acceptors (Lipinski definition) is 4. The van der Waals surface area contributed by atoms with Gasteiger partial charge in [0.1, 0.15) is 0 Å². The highest BCUT2D eigenvalue weighted by atomic mass is 32.2. The van der Waals surface area contributed by atoms with Crippen LogP contribution in [0.1, 0.15) is 96.8 Å². The van der Waals surface area contributed by atoms with E-state index in [-0.39, 0.29) is 6.42 Å². The first-order chi connectivity index (χ1) is 12.9. The minimum Gasteiger partial charge on any atom is -0.370 e. The zero-order valence-electron chi connectivity index (χ0n) is 17.3. The molecular weight excluding hydrogens is 362 g/mol. The maximum absolute atomic E-state index is 11.3. The van der Waals surface area contributed by atoms with Crippen LogP contribution in [0.5, 0.6) is 0 Å². The van der Waals surface area contributed by atoms with Gasteiger partial charge in [0.25, 0.3) is 0 Å². The third kappa shape index (κ3) is 14.8. The van der Waals surface area contributed by atoms with Gasteiger partial charge in [0, 0.05) is 6.42 Å². The Morgan fingerprint density at radius 2 is 1.44 bits per heavy atom. The number of hydrogen-bond donors (Lipinski definition) is 1. The molecular formula is C21H39NO4S. The Kier molecular flexibility index (Phi) is 12.7. The molecule has 0 bridgehead atoms. The molecule has 0 radical (unpaired) electrons. The predicted octanol–water partition coefficient (Wildman–Crippen LogP) is 4.87. The smallest absolute Gasteiger partial charge is 0.233 e. The molecule has 0 aliphatic carbocycles. The molecule has 1 N–H and O–H groups in total. The summed E-state index contributed by atoms with van der Waals surface area (Å²) in [5.74, 6) is -0.422. The van der Waals surface area contributed by atoms with Crippen LogP contribution >= 0.6 is 0 Å². The van der Waals surface area contributed by atoms with Crippen molar-refractivity contribution >= 4 is 15.9 Å². The fraction of sp³-hybridized carbons (Fsp3) is 0.857. The molecule has 5 nitrogen and oxygen atoms in total. The van der Waals surface area contributed by atoms with Gasteiger partial charge in [-0.2, -0.15) is 0 Å². The molecule has 1 rings (SSSR count). The maximum atomic E-state index is 11.3. The second-order valence-electron chi connectivity index (χ2n) is 7.71. The van der Waals surface area contributed by atoms with E-state index in [4.69, 9.17) is 4.74 Å². The molecule has 2 atom stereocenters. The Balaban J connectivity index is 1.81. The zero-order valence-corrected chi connectivity index (χ0v) is 18.1. The normalized spacial score (nSPS) is 19.5. The summed E-state index contributed by atoms with van der Waals surface area (Å²) < 4.78 is 29.5. The summed E-state index contributed by atoms with van der Waals surface area (Å²) in [6.07, 6.45) is 22.0. The summed E-state index contributed by atoms with van der Waals surface area (Å²) >= 11 is 0. The fourth-order valence-electron chi connectivity index (χ4n) is 3.29. The maximum Gasteiger partial charge on any atom is 0.233 e. The fourth-order valence-corrected chi connectivity index (χ4v) is 3.81. The standard InChI is InChI=1S/C21H39NO4S/c1-3-4-13-16-19-20(26-19)17-14-11-9-7-5-6-8-10-12-15-18-21(23)22-27(2,24)25/h8,10,19-20H,3-7,9,11-18H2,1-2H3,(H,22,23). The van der Waals surface area contributed by atoms with E-state index in [9.17, 15) is 13.2 Å². The average Bonchev–Trinajstić information content (AvgIpc) is 3.33. The Labute approximate surface area is 166 Å². The molecule has 1 fully saturated rings. The van der Waals surface area contributed by atoms with Crippen molar-refractivity contribution in [3.8, 4) is 0 Å². The largest absolute Gasteiger partial charge is 0.370 e. The summed E-state index contributed by atoms with van der Waals surface area (Å²) in [4.78, 5) is 11.3. The highest BCUT2D eigenvalue weighted by molar-refractivity contribution is 7.89. The first kappa shape index (κ1) is 24.2. The monoisotopic (exact) mass is 401 g/mol. The lowest BCUT2D eigenvalue weighted by molar-refractivity contribution is -0.119. The summed E-state index contributed by atoms with van der Waals surface area (Å²) in [6, 6.07) is 0. The van der Waals surface area contributed by atoms with E-state index in [0.29, 0.717) is 18.6 Å². The van der Waals surface area contributed by atoms with E-state index in [0.717, 1.165) is 19.1 Å². The molecule has 0 saturated carbocycles. The number of ether oxygens (including phenoxy) is 1. The van der Waals surface area contributed by atoms with Crippen molar-refractivity contribution in [2.24, 2.45) is 0 Å². The van der Waals surface area contributed by atoms with E-state index in [1.807, 2.05) is 4.72 Å². The van der Waals surface area contributed by atoms with Crippen LogP contribution in [0.3, 0.4) is 0 Å². The SMILES string of the molecule is CCCCCC1OC1CCCCCCCC=CCCCC(=O)NS(C)(=O)=O. The quantitative estimate of drug-likeness (QED) is 0.214. The van der Waals surface area contributed by atoms with Crippen LogP contribution in [-0.4, -0.2) is 32.8 Å². The third-order valence-corrected chi connectivity index (χ3v) is 5.48. The number of allylic oxidation sites excluding steroid dienone is 2. The van der Waals surface area contributed by atoms with E-state index < -0.39 is 15.9 Å². The predicted molar refractivity (Wildman–Crippen MR) is 111 cm³/mol. The van der Waals surface area contributed by atoms with Crippen LogP contribution in [0.15, 0.2) is 12.2 Å². The van der Waals surface area contributed by atoms with Gasteiger partial charge in [-0.25, -0.2) is 8.42 Å². The van der Waals surface area contributed by atoms with E-state index in [2.05, 4.69) is 19.1 Å². The summed E-state index contributed by atoms with van der Waals surface area (Å²) in [6.45, 7) is 2.24. The molecule has 1 aliphatic rings. The molecule has 1 aliphatic heterocycles. The van der Waals surface area contributed by atoms with E-state index >= 15 is 0 Å². The zero-order chi connectivity index (χ0) is 20.0. The van der Waals surface area contributed by atoms with Crippen molar-refractivity contribution in [3.63, 3.8) is 0 Å². The van der Waals surface area contributed by atoms with Crippen LogP contribution in [0.25, 0.3) is 0 Å². The van der Waals surface area contributed by atoms with Gasteiger partial charge in [-0.1, -0.05) is 64.0 Å². The average molecular weight is 402 g/mol. The molecule has 1 heterocycles. The molecule has 0 spiro atoms. The van der Waals surface area contributed by atoms with Crippen molar-refractivity contribution in [2.75, 3.05) is 6.26 Å². The van der Waals surface area contributed by atoms with Crippen molar-refractivity contribution in [1.82, 2.24) is 4.72 Å². The van der Waals surface area contributed by atoms with Gasteiger partial charge >= 0.3 is 0 Å². The Hall–Kier alpha value is -0.880. The highest BCUT2D eigenvalue weighted by Gasteiger charge is 2.36. The number of epoxide rings is 1. The first-order valence-electron chi connectivity index (χ1n) is 10.7. The van der Waals surface area contributed by atoms with Gasteiger partial charge in [0.05, 0.1) is 18.5 Å². The Morgan fingerprint density at radius 3 is 2.07 bits per heavy atom. The number of nitrogens with one attached hydrogen (secondary N) is 1. The van der Waals surface area contributed by atoms with Crippen molar-refractivity contribution < 1.29 is 17.9 Å². The lowest BCUT2D eigenvalue weighted by atomic mass is 10.0. The first-order valence-corrected chi connectivity index (χ1v) is 12.6. The Bertz CT molecular complexity index is 530. The number of carbonyl (C=O) groups excluding carboxylic acids is 1. The van der Waals surface area contributed by atoms with Crippen LogP contribution in [0.4, 0.5) is 0 Å². The summed E-state index contributed by atoms with van der Waals surface area (Å²) in [7, 11) is -3.42. The molecule has 27 heavy (non-hydrogen) atoms. The molecule has 158 valence electrons. The molecule has 0 aromatic heterocycles. The molecule has 6 heteroatoms. The lowest BCUT2D eigenvalue weighted by Crippen LogP contribution is -2.28. The van der Waals surface area contributed by atoms with Gasteiger partial charge in [0.15, 0.2) is 0 Å². The van der Waals surface area contributed by atoms with Crippen LogP contribution < -0.4 is 4.72 Å². The van der Waals surface area contributed by atoms with Gasteiger partial charge in [-0.3, -0.25) is 9.52 Å². The molecule has 1 saturated heterocycles. The Morgan fingerprint density at radius 1 is 0.889 bits per heavy atom. The van der Waals surface area contributed by atoms with Crippen LogP contribution in [0.2, 0.25) is 0 Å². The number of rotatable bonds is 17. The highest BCUT2D eigenvalue weighted by Crippen LogP contribution is 2.31. The topological polar surface area (TPSA) is 75.8 Å². The van der Waals surface area contributed by atoms with Gasteiger partial charge in [-0.05, 0) is 38.5 Å². The minimum absolute atomic E-state index is 0.252. The van der Waals surface area contributed by atoms with Crippen molar-refractivity contribution in [2.45, 2.75) is 109 Å². The molecule has 1 amide bonds. The van der Waals surface area contributed by atoms with Gasteiger partial charge in [0.2, 0.25) is 15.9 Å². The van der Waals surface area contributed by atoms with E-state index in [1.54, 1.807) is 0 Å². The molecule has 0 aromatic rings. The lowest BCUT2D eigenvalue weighted by Gasteiger charge is -2.01. The number of carbonyl (C=O) groups is 1. The second-order valence-corrected chi connectivity index (χ2v) is 9.46.